The van der Waals surface area contributed by atoms with Crippen LogP contribution in [-0.4, -0.2) is 23.1 Å². The Labute approximate surface area is 125 Å². The highest BCUT2D eigenvalue weighted by atomic mass is 16.5. The Morgan fingerprint density at radius 1 is 1.38 bits per heavy atom. The molecule has 2 saturated carbocycles. The molecule has 0 unspecified atom stereocenters. The zero-order chi connectivity index (χ0) is 15.6. The van der Waals surface area contributed by atoms with Crippen LogP contribution in [0.4, 0.5) is 0 Å². The number of aliphatic carboxylic acids is 1. The first-order valence-electron chi connectivity index (χ1n) is 7.87. The zero-order valence-electron chi connectivity index (χ0n) is 13.2. The molecule has 1 N–H and O–H groups in total. The van der Waals surface area contributed by atoms with E-state index in [1.54, 1.807) is 0 Å². The van der Waals surface area contributed by atoms with Gasteiger partial charge in [-0.2, -0.15) is 0 Å². The molecule has 4 heteroatoms. The molecule has 116 valence electrons. The molecule has 0 radical (unpaired) electrons. The van der Waals surface area contributed by atoms with Gasteiger partial charge in [-0.3, -0.25) is 4.79 Å². The minimum absolute atomic E-state index is 0.0678. The molecule has 0 amide bonds. The van der Waals surface area contributed by atoms with Gasteiger partial charge in [-0.1, -0.05) is 26.8 Å². The third-order valence-electron chi connectivity index (χ3n) is 6.60. The normalized spacial score (nSPS) is 47.7. The summed E-state index contributed by atoms with van der Waals surface area (Å²) in [5.41, 5.74) is 0.107. The Hall–Kier alpha value is -1.32. The van der Waals surface area contributed by atoms with Crippen LogP contribution in [0.2, 0.25) is 0 Å². The molecule has 3 aliphatic carbocycles. The number of hydrogen-bond acceptors (Lipinski definition) is 3. The number of carbonyl (C=O) groups excluding carboxylic acids is 1. The molecular weight excluding hydrogens is 268 g/mol. The van der Waals surface area contributed by atoms with Crippen molar-refractivity contribution >= 4 is 11.9 Å². The van der Waals surface area contributed by atoms with Gasteiger partial charge in [-0.25, -0.2) is 4.79 Å². The van der Waals surface area contributed by atoms with E-state index < -0.39 is 5.97 Å². The van der Waals surface area contributed by atoms with E-state index in [2.05, 4.69) is 13.8 Å². The second-order valence-corrected chi connectivity index (χ2v) is 7.43. The maximum absolute atomic E-state index is 11.6. The summed E-state index contributed by atoms with van der Waals surface area (Å²) in [4.78, 5) is 23.2. The van der Waals surface area contributed by atoms with Gasteiger partial charge < -0.3 is 9.84 Å². The van der Waals surface area contributed by atoms with Crippen LogP contribution in [0.5, 0.6) is 0 Å². The van der Waals surface area contributed by atoms with Crippen molar-refractivity contribution in [2.75, 3.05) is 0 Å². The molecule has 0 aromatic heterocycles. The van der Waals surface area contributed by atoms with Gasteiger partial charge in [0, 0.05) is 17.9 Å². The van der Waals surface area contributed by atoms with Gasteiger partial charge in [0.1, 0.15) is 6.10 Å². The highest BCUT2D eigenvalue weighted by molar-refractivity contribution is 5.88. The molecule has 0 aromatic carbocycles. The SMILES string of the molecule is CC(=O)O[C@H]1C[C@H](C)[C@H]2CC[C@]3(C)C=C(C(=O)O)[C@@H](C)[C@@]123. The number of carboxylic acids is 1. The number of carboxylic acid groups (broad SMARTS) is 1. The van der Waals surface area contributed by atoms with Gasteiger partial charge in [0.05, 0.1) is 0 Å². The first kappa shape index (κ1) is 14.6. The lowest BCUT2D eigenvalue weighted by Gasteiger charge is -2.45. The molecule has 1 spiro atoms. The van der Waals surface area contributed by atoms with E-state index in [-0.39, 0.29) is 28.8 Å². The van der Waals surface area contributed by atoms with Crippen molar-refractivity contribution in [2.24, 2.45) is 28.6 Å². The highest BCUT2D eigenvalue weighted by Crippen LogP contribution is 2.73. The quantitative estimate of drug-likeness (QED) is 0.795. The van der Waals surface area contributed by atoms with Crippen LogP contribution in [0, 0.1) is 28.6 Å². The fourth-order valence-corrected chi connectivity index (χ4v) is 6.00. The average Bonchev–Trinajstić information content (AvgIpc) is 2.89. The standard InChI is InChI=1S/C17H24O4/c1-9-7-14(21-11(3)18)17-10(2)12(15(19)20)8-16(17,4)6-5-13(9)17/h8-10,13-14H,5-7H2,1-4H3,(H,19,20)/t9-,10+,13+,14-,16+,17-/m0/s1. The van der Waals surface area contributed by atoms with Crippen molar-refractivity contribution in [3.63, 3.8) is 0 Å². The average molecular weight is 292 g/mol. The summed E-state index contributed by atoms with van der Waals surface area (Å²) in [7, 11) is 0. The Kier molecular flexibility index (Phi) is 3.02. The molecule has 3 rings (SSSR count). The van der Waals surface area contributed by atoms with E-state index in [0.29, 0.717) is 17.4 Å². The van der Waals surface area contributed by atoms with Crippen molar-refractivity contribution in [1.82, 2.24) is 0 Å². The first-order valence-corrected chi connectivity index (χ1v) is 7.87. The summed E-state index contributed by atoms with van der Waals surface area (Å²) < 4.78 is 5.70. The number of carbonyl (C=O) groups is 2. The molecule has 4 nitrogen and oxygen atoms in total. The number of ether oxygens (including phenoxy) is 1. The summed E-state index contributed by atoms with van der Waals surface area (Å²) >= 11 is 0. The lowest BCUT2D eigenvalue weighted by Crippen LogP contribution is -2.47. The molecular formula is C17H24O4. The van der Waals surface area contributed by atoms with E-state index >= 15 is 0 Å². The number of hydrogen-bond donors (Lipinski definition) is 1. The maximum Gasteiger partial charge on any atom is 0.331 e. The van der Waals surface area contributed by atoms with Gasteiger partial charge in [0.2, 0.25) is 0 Å². The second kappa shape index (κ2) is 4.34. The first-order chi connectivity index (χ1) is 9.74. The zero-order valence-corrected chi connectivity index (χ0v) is 13.2. The van der Waals surface area contributed by atoms with Crippen LogP contribution in [0.15, 0.2) is 11.6 Å². The van der Waals surface area contributed by atoms with E-state index in [9.17, 15) is 14.7 Å². The van der Waals surface area contributed by atoms with Crippen molar-refractivity contribution in [3.05, 3.63) is 11.6 Å². The second-order valence-electron chi connectivity index (χ2n) is 7.43. The van der Waals surface area contributed by atoms with Gasteiger partial charge in [-0.15, -0.1) is 0 Å². The van der Waals surface area contributed by atoms with E-state index in [4.69, 9.17) is 4.74 Å². The molecule has 0 aliphatic heterocycles. The van der Waals surface area contributed by atoms with Crippen molar-refractivity contribution < 1.29 is 19.4 Å². The van der Waals surface area contributed by atoms with Crippen molar-refractivity contribution in [2.45, 2.75) is 53.1 Å². The molecule has 3 aliphatic rings. The third kappa shape index (κ3) is 1.62. The van der Waals surface area contributed by atoms with Gasteiger partial charge in [-0.05, 0) is 42.4 Å². The molecule has 0 saturated heterocycles. The molecule has 21 heavy (non-hydrogen) atoms. The number of esters is 1. The van der Waals surface area contributed by atoms with E-state index in [1.807, 2.05) is 13.0 Å². The fraction of sp³-hybridized carbons (Fsp3) is 0.765. The fourth-order valence-electron chi connectivity index (χ4n) is 6.00. The van der Waals surface area contributed by atoms with Crippen LogP contribution < -0.4 is 0 Å². The Balaban J connectivity index is 2.11. The van der Waals surface area contributed by atoms with Gasteiger partial charge in [0.15, 0.2) is 0 Å². The number of allylic oxidation sites excluding steroid dienone is 1. The monoisotopic (exact) mass is 292 g/mol. The van der Waals surface area contributed by atoms with Gasteiger partial charge >= 0.3 is 11.9 Å². The van der Waals surface area contributed by atoms with E-state index in [1.165, 1.54) is 6.92 Å². The molecule has 6 atom stereocenters. The Morgan fingerprint density at radius 2 is 2.05 bits per heavy atom. The molecule has 2 fully saturated rings. The molecule has 0 heterocycles. The van der Waals surface area contributed by atoms with Crippen molar-refractivity contribution in [3.8, 4) is 0 Å². The van der Waals surface area contributed by atoms with Crippen LogP contribution in [0.25, 0.3) is 0 Å². The largest absolute Gasteiger partial charge is 0.478 e. The summed E-state index contributed by atoms with van der Waals surface area (Å²) in [5.74, 6) is -0.239. The third-order valence-corrected chi connectivity index (χ3v) is 6.60. The molecule has 0 bridgehead atoms. The minimum Gasteiger partial charge on any atom is -0.478 e. The summed E-state index contributed by atoms with van der Waals surface area (Å²) in [6.45, 7) is 7.84. The summed E-state index contributed by atoms with van der Waals surface area (Å²) in [5, 5.41) is 9.53. The predicted molar refractivity (Wildman–Crippen MR) is 77.5 cm³/mol. The van der Waals surface area contributed by atoms with Gasteiger partial charge in [0.25, 0.3) is 0 Å². The molecule has 0 aromatic rings. The number of rotatable bonds is 2. The van der Waals surface area contributed by atoms with E-state index in [0.717, 1.165) is 19.3 Å². The maximum atomic E-state index is 11.6. The summed E-state index contributed by atoms with van der Waals surface area (Å²) in [6.07, 6.45) is 4.74. The van der Waals surface area contributed by atoms with Crippen LogP contribution in [-0.2, 0) is 14.3 Å². The summed E-state index contributed by atoms with van der Waals surface area (Å²) in [6, 6.07) is 0. The Morgan fingerprint density at radius 3 is 2.62 bits per heavy atom. The highest BCUT2D eigenvalue weighted by Gasteiger charge is 2.72. The lowest BCUT2D eigenvalue weighted by molar-refractivity contribution is -0.158. The lowest BCUT2D eigenvalue weighted by atomic mass is 9.60. The van der Waals surface area contributed by atoms with Crippen LogP contribution in [0.3, 0.4) is 0 Å². The smallest absolute Gasteiger partial charge is 0.331 e. The van der Waals surface area contributed by atoms with Crippen molar-refractivity contribution in [1.29, 1.82) is 0 Å². The predicted octanol–water partition coefficient (Wildman–Crippen LogP) is 3.02. The topological polar surface area (TPSA) is 63.6 Å². The van der Waals surface area contributed by atoms with Crippen LogP contribution >= 0.6 is 0 Å². The Bertz CT molecular complexity index is 537. The van der Waals surface area contributed by atoms with Crippen LogP contribution in [0.1, 0.15) is 47.0 Å². The minimum atomic E-state index is -0.827.